The molecule has 1 heteroatoms. The van der Waals surface area contributed by atoms with E-state index in [9.17, 15) is 0 Å². The number of rotatable bonds is 4. The van der Waals surface area contributed by atoms with Gasteiger partial charge in [-0.2, -0.15) is 0 Å². The van der Waals surface area contributed by atoms with Crippen LogP contribution in [0.2, 0.25) is 0 Å². The van der Waals surface area contributed by atoms with Gasteiger partial charge in [-0.3, -0.25) is 0 Å². The molecule has 3 rings (SSSR count). The predicted octanol–water partition coefficient (Wildman–Crippen LogP) is 6.72. The second-order valence-electron chi connectivity index (χ2n) is 7.13. The summed E-state index contributed by atoms with van der Waals surface area (Å²) in [5.74, 6) is 3.80. The van der Waals surface area contributed by atoms with Crippen LogP contribution in [0.25, 0.3) is 0 Å². The van der Waals surface area contributed by atoms with Crippen LogP contribution < -0.4 is 0 Å². The lowest BCUT2D eigenvalue weighted by Gasteiger charge is -2.42. The lowest BCUT2D eigenvalue weighted by molar-refractivity contribution is 0.115. The van der Waals surface area contributed by atoms with Crippen molar-refractivity contribution in [2.24, 2.45) is 17.8 Å². The fourth-order valence-electron chi connectivity index (χ4n) is 4.64. The summed E-state index contributed by atoms with van der Waals surface area (Å²) in [7, 11) is 0. The Labute approximate surface area is 138 Å². The lowest BCUT2D eigenvalue weighted by Crippen LogP contribution is -2.30. The molecule has 0 amide bonds. The van der Waals surface area contributed by atoms with Crippen molar-refractivity contribution in [2.75, 3.05) is 0 Å². The average molecular weight is 347 g/mol. The van der Waals surface area contributed by atoms with Gasteiger partial charge in [-0.1, -0.05) is 40.6 Å². The third-order valence-electron chi connectivity index (χ3n) is 5.84. The van der Waals surface area contributed by atoms with Crippen LogP contribution in [0.4, 0.5) is 0 Å². The topological polar surface area (TPSA) is 0 Å². The summed E-state index contributed by atoms with van der Waals surface area (Å²) in [5.41, 5.74) is 1.56. The highest BCUT2D eigenvalue weighted by molar-refractivity contribution is 9.10. The van der Waals surface area contributed by atoms with Crippen LogP contribution in [0.5, 0.6) is 0 Å². The van der Waals surface area contributed by atoms with Gasteiger partial charge in [-0.25, -0.2) is 0 Å². The van der Waals surface area contributed by atoms with E-state index in [1.54, 1.807) is 5.56 Å². The van der Waals surface area contributed by atoms with E-state index in [-0.39, 0.29) is 0 Å². The molecule has 2 aliphatic carbocycles. The average Bonchev–Trinajstić information content (AvgIpc) is 2.53. The lowest BCUT2D eigenvalue weighted by atomic mass is 9.63. The van der Waals surface area contributed by atoms with Crippen LogP contribution in [-0.2, 0) is 0 Å². The van der Waals surface area contributed by atoms with Gasteiger partial charge in [0.05, 0.1) is 0 Å². The molecule has 4 atom stereocenters. The van der Waals surface area contributed by atoms with Crippen LogP contribution in [0.3, 0.4) is 0 Å². The zero-order valence-electron chi connectivity index (χ0n) is 12.9. The Balaban J connectivity index is 1.57. The summed E-state index contributed by atoms with van der Waals surface area (Å²) in [6.07, 6.45) is 13.4. The van der Waals surface area contributed by atoms with E-state index in [0.717, 1.165) is 23.7 Å². The van der Waals surface area contributed by atoms with Gasteiger partial charge in [0.15, 0.2) is 0 Å². The Bertz CT molecular complexity index is 461. The van der Waals surface area contributed by atoms with Crippen molar-refractivity contribution in [3.05, 3.63) is 47.0 Å². The Hall–Kier alpha value is -0.560. The normalized spacial score (nSPS) is 32.4. The number of allylic oxidation sites excluding steroid dienone is 1. The van der Waals surface area contributed by atoms with Crippen molar-refractivity contribution in [2.45, 2.75) is 57.3 Å². The zero-order valence-corrected chi connectivity index (χ0v) is 14.5. The molecule has 1 aromatic carbocycles. The summed E-state index contributed by atoms with van der Waals surface area (Å²) >= 11 is 3.55. The maximum Gasteiger partial charge on any atom is 0.0175 e. The molecule has 0 radical (unpaired) electrons. The van der Waals surface area contributed by atoms with E-state index in [1.165, 1.54) is 55.8 Å². The molecule has 0 aromatic heterocycles. The van der Waals surface area contributed by atoms with E-state index in [4.69, 9.17) is 0 Å². The molecule has 0 nitrogen and oxygen atoms in total. The standard InChI is InChI=1S/C20H27Br/c1-2-3-4-15-5-6-19-14-18(8-7-17(19)13-15)16-9-11-20(21)12-10-16/h2,9-12,15,17-19H,1,3-8,13-14H2. The van der Waals surface area contributed by atoms with E-state index in [0.29, 0.717) is 0 Å². The van der Waals surface area contributed by atoms with Crippen molar-refractivity contribution < 1.29 is 0 Å². The van der Waals surface area contributed by atoms with E-state index < -0.39 is 0 Å². The Morgan fingerprint density at radius 1 is 1.00 bits per heavy atom. The van der Waals surface area contributed by atoms with Gasteiger partial charge in [-0.15, -0.1) is 6.58 Å². The van der Waals surface area contributed by atoms with Crippen molar-refractivity contribution in [1.29, 1.82) is 0 Å². The fourth-order valence-corrected chi connectivity index (χ4v) is 4.90. The predicted molar refractivity (Wildman–Crippen MR) is 94.5 cm³/mol. The molecular formula is C20H27Br. The molecule has 2 aliphatic rings. The molecule has 0 heterocycles. The fraction of sp³-hybridized carbons (Fsp3) is 0.600. The molecule has 0 bridgehead atoms. The van der Waals surface area contributed by atoms with Gasteiger partial charge < -0.3 is 0 Å². The first kappa shape index (κ1) is 15.3. The van der Waals surface area contributed by atoms with E-state index >= 15 is 0 Å². The largest absolute Gasteiger partial charge is 0.103 e. The van der Waals surface area contributed by atoms with Crippen molar-refractivity contribution in [1.82, 2.24) is 0 Å². The highest BCUT2D eigenvalue weighted by atomic mass is 79.9. The maximum atomic E-state index is 3.87. The van der Waals surface area contributed by atoms with E-state index in [2.05, 4.69) is 52.9 Å². The van der Waals surface area contributed by atoms with Crippen LogP contribution in [0.1, 0.15) is 62.8 Å². The maximum absolute atomic E-state index is 3.87. The van der Waals surface area contributed by atoms with Gasteiger partial charge in [-0.05, 0) is 86.3 Å². The highest BCUT2D eigenvalue weighted by Crippen LogP contribution is 2.48. The van der Waals surface area contributed by atoms with Crippen LogP contribution >= 0.6 is 15.9 Å². The number of hydrogen-bond donors (Lipinski definition) is 0. The minimum Gasteiger partial charge on any atom is -0.103 e. The van der Waals surface area contributed by atoms with Gasteiger partial charge in [0.2, 0.25) is 0 Å². The number of fused-ring (bicyclic) bond motifs is 1. The molecule has 1 aromatic rings. The van der Waals surface area contributed by atoms with Gasteiger partial charge in [0.1, 0.15) is 0 Å². The van der Waals surface area contributed by atoms with Gasteiger partial charge >= 0.3 is 0 Å². The highest BCUT2D eigenvalue weighted by Gasteiger charge is 2.35. The summed E-state index contributed by atoms with van der Waals surface area (Å²) in [5, 5.41) is 0. The molecule has 2 fully saturated rings. The summed E-state index contributed by atoms with van der Waals surface area (Å²) in [4.78, 5) is 0. The van der Waals surface area contributed by atoms with Crippen molar-refractivity contribution in [3.63, 3.8) is 0 Å². The van der Waals surface area contributed by atoms with Crippen LogP contribution in [-0.4, -0.2) is 0 Å². The first-order chi connectivity index (χ1) is 10.3. The monoisotopic (exact) mass is 346 g/mol. The smallest absolute Gasteiger partial charge is 0.0175 e. The first-order valence-corrected chi connectivity index (χ1v) is 9.42. The molecule has 0 aliphatic heterocycles. The second kappa shape index (κ2) is 7.13. The van der Waals surface area contributed by atoms with Crippen LogP contribution in [0.15, 0.2) is 41.4 Å². The SMILES string of the molecule is C=CCCC1CCC2CC(c3ccc(Br)cc3)CCC2C1. The molecule has 0 spiro atoms. The number of benzene rings is 1. The summed E-state index contributed by atoms with van der Waals surface area (Å²) < 4.78 is 1.20. The zero-order chi connectivity index (χ0) is 14.7. The molecule has 0 saturated heterocycles. The molecule has 0 N–H and O–H groups in total. The third-order valence-corrected chi connectivity index (χ3v) is 6.37. The minimum atomic E-state index is 0.809. The number of halogens is 1. The van der Waals surface area contributed by atoms with Gasteiger partial charge in [0.25, 0.3) is 0 Å². The molecular weight excluding hydrogens is 320 g/mol. The molecule has 4 unspecified atom stereocenters. The molecule has 114 valence electrons. The Kier molecular flexibility index (Phi) is 5.21. The van der Waals surface area contributed by atoms with Crippen molar-refractivity contribution in [3.8, 4) is 0 Å². The van der Waals surface area contributed by atoms with E-state index in [1.807, 2.05) is 0 Å². The quantitative estimate of drug-likeness (QED) is 0.531. The second-order valence-corrected chi connectivity index (χ2v) is 8.04. The van der Waals surface area contributed by atoms with Crippen LogP contribution in [0, 0.1) is 17.8 Å². The number of hydrogen-bond acceptors (Lipinski definition) is 0. The minimum absolute atomic E-state index is 0.809. The van der Waals surface area contributed by atoms with Crippen molar-refractivity contribution >= 4 is 15.9 Å². The molecule has 2 saturated carbocycles. The summed E-state index contributed by atoms with van der Waals surface area (Å²) in [6, 6.07) is 9.05. The third kappa shape index (κ3) is 3.80. The van der Waals surface area contributed by atoms with Gasteiger partial charge in [0, 0.05) is 4.47 Å². The Morgan fingerprint density at radius 2 is 1.71 bits per heavy atom. The molecule has 21 heavy (non-hydrogen) atoms. The Morgan fingerprint density at radius 3 is 2.48 bits per heavy atom. The first-order valence-electron chi connectivity index (χ1n) is 8.62. The summed E-state index contributed by atoms with van der Waals surface area (Å²) in [6.45, 7) is 3.87.